The molecule has 1 aliphatic rings. The Bertz CT molecular complexity index is 491. The van der Waals surface area contributed by atoms with Gasteiger partial charge in [0.2, 0.25) is 0 Å². The van der Waals surface area contributed by atoms with Crippen LogP contribution in [0, 0.1) is 19.8 Å². The van der Waals surface area contributed by atoms with Crippen molar-refractivity contribution in [1.82, 2.24) is 4.98 Å². The van der Waals surface area contributed by atoms with Gasteiger partial charge in [-0.25, -0.2) is 9.78 Å². The summed E-state index contributed by atoms with van der Waals surface area (Å²) in [6.45, 7) is 7.91. The molecule has 1 aromatic heterocycles. The Kier molecular flexibility index (Phi) is 3.05. The topological polar surface area (TPSA) is 62.2 Å². The average Bonchev–Trinajstić information content (AvgIpc) is 2.96. The van der Waals surface area contributed by atoms with E-state index in [9.17, 15) is 9.90 Å². The fraction of sp³-hybridized carbons (Fsp3) is 0.571. The van der Waals surface area contributed by atoms with E-state index in [1.807, 2.05) is 13.8 Å². The van der Waals surface area contributed by atoms with Crippen molar-refractivity contribution >= 4 is 11.8 Å². The minimum absolute atomic E-state index is 0.0998. The summed E-state index contributed by atoms with van der Waals surface area (Å²) in [4.78, 5) is 15.7. The summed E-state index contributed by atoms with van der Waals surface area (Å²) in [5.74, 6) is 0.188. The van der Waals surface area contributed by atoms with Gasteiger partial charge < -0.3 is 10.4 Å². The number of carbonyl (C=O) groups is 1. The first-order valence-electron chi connectivity index (χ1n) is 6.31. The molecule has 1 aromatic rings. The van der Waals surface area contributed by atoms with Gasteiger partial charge in [-0.1, -0.05) is 0 Å². The molecular weight excluding hydrogens is 228 g/mol. The van der Waals surface area contributed by atoms with Gasteiger partial charge in [0.1, 0.15) is 11.4 Å². The standard InChI is InChI=1S/C14H20N2O2/c1-8-7-9(2)15-12(11(8)13(17)18)16-14(3,4)10-5-6-10/h7,10H,5-6H2,1-4H3,(H,15,16)(H,17,18). The van der Waals surface area contributed by atoms with Gasteiger partial charge >= 0.3 is 5.97 Å². The number of nitrogens with zero attached hydrogens (tertiary/aromatic N) is 1. The summed E-state index contributed by atoms with van der Waals surface area (Å²) >= 11 is 0. The minimum atomic E-state index is -0.922. The molecular formula is C14H20N2O2. The molecule has 0 unspecified atom stereocenters. The Balaban J connectivity index is 2.39. The van der Waals surface area contributed by atoms with Gasteiger partial charge in [-0.3, -0.25) is 0 Å². The van der Waals surface area contributed by atoms with E-state index >= 15 is 0 Å². The Morgan fingerprint density at radius 1 is 1.44 bits per heavy atom. The fourth-order valence-corrected chi connectivity index (χ4v) is 2.41. The zero-order valence-corrected chi connectivity index (χ0v) is 11.4. The van der Waals surface area contributed by atoms with Crippen LogP contribution in [0.2, 0.25) is 0 Å². The van der Waals surface area contributed by atoms with Crippen molar-refractivity contribution in [2.45, 2.75) is 46.1 Å². The molecule has 0 atom stereocenters. The van der Waals surface area contributed by atoms with Gasteiger partial charge in [0.15, 0.2) is 0 Å². The number of carboxylic acids is 1. The first kappa shape index (κ1) is 12.9. The second-order valence-corrected chi connectivity index (χ2v) is 5.73. The normalized spacial score (nSPS) is 15.6. The zero-order valence-electron chi connectivity index (χ0n) is 11.4. The molecule has 1 heterocycles. The number of aryl methyl sites for hydroxylation is 2. The Hall–Kier alpha value is -1.58. The highest BCUT2D eigenvalue weighted by Crippen LogP contribution is 2.41. The van der Waals surface area contributed by atoms with Gasteiger partial charge in [-0.15, -0.1) is 0 Å². The van der Waals surface area contributed by atoms with E-state index < -0.39 is 5.97 Å². The van der Waals surface area contributed by atoms with E-state index in [1.54, 1.807) is 6.07 Å². The molecule has 0 amide bonds. The number of carboxylic acid groups (broad SMARTS) is 1. The predicted molar refractivity (Wildman–Crippen MR) is 71.1 cm³/mol. The zero-order chi connectivity index (χ0) is 13.5. The molecule has 2 N–H and O–H groups in total. The van der Waals surface area contributed by atoms with Crippen LogP contribution in [0.1, 0.15) is 48.3 Å². The first-order valence-corrected chi connectivity index (χ1v) is 6.31. The molecule has 0 aromatic carbocycles. The lowest BCUT2D eigenvalue weighted by molar-refractivity contribution is 0.0696. The number of hydrogen-bond acceptors (Lipinski definition) is 3. The number of nitrogens with one attached hydrogen (secondary N) is 1. The number of hydrogen-bond donors (Lipinski definition) is 2. The summed E-state index contributed by atoms with van der Waals surface area (Å²) in [6.07, 6.45) is 2.40. The van der Waals surface area contributed by atoms with Crippen LogP contribution in [-0.4, -0.2) is 21.6 Å². The van der Waals surface area contributed by atoms with E-state index in [0.717, 1.165) is 11.3 Å². The molecule has 1 aliphatic carbocycles. The number of rotatable bonds is 4. The van der Waals surface area contributed by atoms with Crippen molar-refractivity contribution in [1.29, 1.82) is 0 Å². The summed E-state index contributed by atoms with van der Waals surface area (Å²) < 4.78 is 0. The lowest BCUT2D eigenvalue weighted by Gasteiger charge is -2.28. The quantitative estimate of drug-likeness (QED) is 0.859. The maximum atomic E-state index is 11.3. The highest BCUT2D eigenvalue weighted by atomic mass is 16.4. The van der Waals surface area contributed by atoms with Crippen LogP contribution in [0.4, 0.5) is 5.82 Å². The van der Waals surface area contributed by atoms with E-state index in [1.165, 1.54) is 12.8 Å². The summed E-state index contributed by atoms with van der Waals surface area (Å²) in [7, 11) is 0. The van der Waals surface area contributed by atoms with Crippen LogP contribution in [0.25, 0.3) is 0 Å². The highest BCUT2D eigenvalue weighted by Gasteiger charge is 2.38. The second-order valence-electron chi connectivity index (χ2n) is 5.73. The third kappa shape index (κ3) is 2.47. The molecule has 1 saturated carbocycles. The molecule has 0 bridgehead atoms. The lowest BCUT2D eigenvalue weighted by Crippen LogP contribution is -2.34. The van der Waals surface area contributed by atoms with E-state index in [2.05, 4.69) is 24.1 Å². The first-order chi connectivity index (χ1) is 8.31. The largest absolute Gasteiger partial charge is 0.478 e. The molecule has 0 spiro atoms. The van der Waals surface area contributed by atoms with Crippen molar-refractivity contribution in [2.75, 3.05) is 5.32 Å². The second kappa shape index (κ2) is 4.26. The third-order valence-electron chi connectivity index (χ3n) is 3.60. The molecule has 4 nitrogen and oxygen atoms in total. The number of pyridine rings is 1. The van der Waals surface area contributed by atoms with Crippen LogP contribution >= 0.6 is 0 Å². The maximum Gasteiger partial charge on any atom is 0.339 e. The van der Waals surface area contributed by atoms with Crippen molar-refractivity contribution in [3.8, 4) is 0 Å². The van der Waals surface area contributed by atoms with Gasteiger partial charge in [0.25, 0.3) is 0 Å². The summed E-state index contributed by atoms with van der Waals surface area (Å²) in [5.41, 5.74) is 1.78. The third-order valence-corrected chi connectivity index (χ3v) is 3.60. The molecule has 0 radical (unpaired) electrons. The molecule has 1 fully saturated rings. The number of aromatic carboxylic acids is 1. The molecule has 98 valence electrons. The molecule has 18 heavy (non-hydrogen) atoms. The van der Waals surface area contributed by atoms with Gasteiger partial charge in [0, 0.05) is 11.2 Å². The Labute approximate surface area is 107 Å². The van der Waals surface area contributed by atoms with Crippen molar-refractivity contribution < 1.29 is 9.90 Å². The minimum Gasteiger partial charge on any atom is -0.478 e. The smallest absolute Gasteiger partial charge is 0.339 e. The van der Waals surface area contributed by atoms with Crippen LogP contribution in [0.5, 0.6) is 0 Å². The average molecular weight is 248 g/mol. The molecule has 4 heteroatoms. The molecule has 0 aliphatic heterocycles. The molecule has 2 rings (SSSR count). The number of anilines is 1. The van der Waals surface area contributed by atoms with Crippen molar-refractivity contribution in [3.05, 3.63) is 22.9 Å². The summed E-state index contributed by atoms with van der Waals surface area (Å²) in [6, 6.07) is 1.80. The van der Waals surface area contributed by atoms with Crippen molar-refractivity contribution in [3.63, 3.8) is 0 Å². The van der Waals surface area contributed by atoms with Crippen LogP contribution in [-0.2, 0) is 0 Å². The Morgan fingerprint density at radius 3 is 2.56 bits per heavy atom. The SMILES string of the molecule is Cc1cc(C)c(C(=O)O)c(NC(C)(C)C2CC2)n1. The molecule has 0 saturated heterocycles. The maximum absolute atomic E-state index is 11.3. The lowest BCUT2D eigenvalue weighted by atomic mass is 9.98. The van der Waals surface area contributed by atoms with Gasteiger partial charge in [-0.2, -0.15) is 0 Å². The van der Waals surface area contributed by atoms with E-state index in [4.69, 9.17) is 0 Å². The van der Waals surface area contributed by atoms with Crippen LogP contribution in [0.15, 0.2) is 6.07 Å². The van der Waals surface area contributed by atoms with Gasteiger partial charge in [0.05, 0.1) is 0 Å². The van der Waals surface area contributed by atoms with Crippen molar-refractivity contribution in [2.24, 2.45) is 5.92 Å². The number of aromatic nitrogens is 1. The Morgan fingerprint density at radius 2 is 2.06 bits per heavy atom. The highest BCUT2D eigenvalue weighted by molar-refractivity contribution is 5.95. The predicted octanol–water partition coefficient (Wildman–Crippen LogP) is 3.00. The van der Waals surface area contributed by atoms with E-state index in [-0.39, 0.29) is 11.1 Å². The van der Waals surface area contributed by atoms with E-state index in [0.29, 0.717) is 11.7 Å². The monoisotopic (exact) mass is 248 g/mol. The van der Waals surface area contributed by atoms with Gasteiger partial charge in [-0.05, 0) is 58.1 Å². The van der Waals surface area contributed by atoms with Crippen LogP contribution < -0.4 is 5.32 Å². The fourth-order valence-electron chi connectivity index (χ4n) is 2.41. The van der Waals surface area contributed by atoms with Crippen LogP contribution in [0.3, 0.4) is 0 Å². The summed E-state index contributed by atoms with van der Waals surface area (Å²) in [5, 5.41) is 12.6.